The van der Waals surface area contributed by atoms with E-state index in [2.05, 4.69) is 9.97 Å². The van der Waals surface area contributed by atoms with E-state index in [-0.39, 0.29) is 6.04 Å². The molecule has 0 saturated carbocycles. The van der Waals surface area contributed by atoms with E-state index >= 15 is 0 Å². The van der Waals surface area contributed by atoms with Crippen LogP contribution in [-0.4, -0.2) is 29.1 Å². The Kier molecular flexibility index (Phi) is 2.58. The number of hydrogen-bond acceptors (Lipinski definition) is 4. The fourth-order valence-corrected chi connectivity index (χ4v) is 1.66. The van der Waals surface area contributed by atoms with Gasteiger partial charge >= 0.3 is 0 Å². The molecule has 14 heavy (non-hydrogen) atoms. The molecule has 76 valence electrons. The molecule has 1 aromatic heterocycles. The zero-order valence-corrected chi connectivity index (χ0v) is 7.86. The van der Waals surface area contributed by atoms with Gasteiger partial charge in [0, 0.05) is 19.1 Å². The molecule has 0 radical (unpaired) electrons. The number of halogens is 1. The minimum Gasteiger partial charge on any atom is -0.339 e. The molecule has 0 spiro atoms. The maximum atomic E-state index is 12.6. The lowest BCUT2D eigenvalue weighted by atomic mass is 10.1. The first-order chi connectivity index (χ1) is 6.75. The molecule has 1 aliphatic rings. The predicted molar refractivity (Wildman–Crippen MR) is 51.4 cm³/mol. The van der Waals surface area contributed by atoms with E-state index in [0.29, 0.717) is 5.95 Å². The van der Waals surface area contributed by atoms with E-state index in [1.165, 1.54) is 12.4 Å². The molecule has 2 heterocycles. The van der Waals surface area contributed by atoms with Crippen LogP contribution in [0.5, 0.6) is 0 Å². The summed E-state index contributed by atoms with van der Waals surface area (Å²) >= 11 is 0. The van der Waals surface area contributed by atoms with Crippen LogP contribution in [0.15, 0.2) is 12.4 Å². The molecule has 4 nitrogen and oxygen atoms in total. The van der Waals surface area contributed by atoms with Crippen molar-refractivity contribution in [1.82, 2.24) is 9.97 Å². The molecular formula is C9H13FN4. The summed E-state index contributed by atoms with van der Waals surface area (Å²) in [7, 11) is 0. The first-order valence-corrected chi connectivity index (χ1v) is 4.74. The SMILES string of the molecule is N[C@@H]1CCCN(c2ncc(F)cn2)C1. The molecule has 0 amide bonds. The third kappa shape index (κ3) is 1.98. The fraction of sp³-hybridized carbons (Fsp3) is 0.556. The van der Waals surface area contributed by atoms with Crippen LogP contribution in [-0.2, 0) is 0 Å². The Bertz CT molecular complexity index is 300. The van der Waals surface area contributed by atoms with Gasteiger partial charge in [-0.3, -0.25) is 0 Å². The van der Waals surface area contributed by atoms with Crippen LogP contribution >= 0.6 is 0 Å². The van der Waals surface area contributed by atoms with Crippen molar-refractivity contribution in [2.24, 2.45) is 5.73 Å². The molecule has 2 N–H and O–H groups in total. The van der Waals surface area contributed by atoms with Gasteiger partial charge in [0.1, 0.15) is 0 Å². The Labute approximate surface area is 82.0 Å². The second-order valence-electron chi connectivity index (χ2n) is 3.55. The van der Waals surface area contributed by atoms with Gasteiger partial charge in [0.15, 0.2) is 5.82 Å². The minimum atomic E-state index is -0.407. The van der Waals surface area contributed by atoms with Gasteiger partial charge in [0.05, 0.1) is 12.4 Å². The summed E-state index contributed by atoms with van der Waals surface area (Å²) in [6, 6.07) is 0.178. The van der Waals surface area contributed by atoms with Crippen LogP contribution in [0, 0.1) is 5.82 Å². The van der Waals surface area contributed by atoms with Gasteiger partial charge in [-0.15, -0.1) is 0 Å². The molecule has 0 bridgehead atoms. The Morgan fingerprint density at radius 3 is 2.79 bits per heavy atom. The van der Waals surface area contributed by atoms with Crippen LogP contribution in [0.1, 0.15) is 12.8 Å². The summed E-state index contributed by atoms with van der Waals surface area (Å²) < 4.78 is 12.6. The number of aromatic nitrogens is 2. The van der Waals surface area contributed by atoms with Crippen LogP contribution in [0.2, 0.25) is 0 Å². The third-order valence-electron chi connectivity index (χ3n) is 2.35. The van der Waals surface area contributed by atoms with Crippen LogP contribution in [0.4, 0.5) is 10.3 Å². The summed E-state index contributed by atoms with van der Waals surface area (Å²) in [6.07, 6.45) is 4.45. The molecular weight excluding hydrogens is 183 g/mol. The Balaban J connectivity index is 2.10. The van der Waals surface area contributed by atoms with Crippen molar-refractivity contribution in [1.29, 1.82) is 0 Å². The number of piperidine rings is 1. The lowest BCUT2D eigenvalue weighted by molar-refractivity contribution is 0.498. The number of rotatable bonds is 1. The fourth-order valence-electron chi connectivity index (χ4n) is 1.66. The first kappa shape index (κ1) is 9.33. The normalized spacial score (nSPS) is 22.4. The second-order valence-corrected chi connectivity index (χ2v) is 3.55. The van der Waals surface area contributed by atoms with E-state index < -0.39 is 5.82 Å². The second kappa shape index (κ2) is 3.88. The molecule has 1 atom stereocenters. The van der Waals surface area contributed by atoms with Gasteiger partial charge in [-0.25, -0.2) is 14.4 Å². The Morgan fingerprint density at radius 1 is 1.43 bits per heavy atom. The monoisotopic (exact) mass is 196 g/mol. The van der Waals surface area contributed by atoms with Crippen LogP contribution < -0.4 is 10.6 Å². The predicted octanol–water partition coefficient (Wildman–Crippen LogP) is 0.543. The molecule has 0 aromatic carbocycles. The van der Waals surface area contributed by atoms with Crippen molar-refractivity contribution in [2.45, 2.75) is 18.9 Å². The first-order valence-electron chi connectivity index (χ1n) is 4.74. The van der Waals surface area contributed by atoms with E-state index in [9.17, 15) is 4.39 Å². The standard InChI is InChI=1S/C9H13FN4/c10-7-4-12-9(13-5-7)14-3-1-2-8(11)6-14/h4-5,8H,1-3,6,11H2/t8-/m1/s1. The third-order valence-corrected chi connectivity index (χ3v) is 2.35. The molecule has 2 rings (SSSR count). The topological polar surface area (TPSA) is 55.0 Å². The highest BCUT2D eigenvalue weighted by Crippen LogP contribution is 2.14. The molecule has 0 aliphatic carbocycles. The Morgan fingerprint density at radius 2 is 2.14 bits per heavy atom. The summed E-state index contributed by atoms with van der Waals surface area (Å²) in [4.78, 5) is 9.83. The number of nitrogens with two attached hydrogens (primary N) is 1. The average Bonchev–Trinajstić information content (AvgIpc) is 2.19. The van der Waals surface area contributed by atoms with Gasteiger partial charge in [-0.2, -0.15) is 0 Å². The van der Waals surface area contributed by atoms with Gasteiger partial charge < -0.3 is 10.6 Å². The van der Waals surface area contributed by atoms with E-state index in [1.54, 1.807) is 0 Å². The molecule has 1 fully saturated rings. The summed E-state index contributed by atoms with van der Waals surface area (Å²) in [5, 5.41) is 0. The van der Waals surface area contributed by atoms with Crippen molar-refractivity contribution in [3.63, 3.8) is 0 Å². The quantitative estimate of drug-likeness (QED) is 0.712. The maximum Gasteiger partial charge on any atom is 0.225 e. The minimum absolute atomic E-state index is 0.178. The number of hydrogen-bond donors (Lipinski definition) is 1. The number of anilines is 1. The van der Waals surface area contributed by atoms with Gasteiger partial charge in [-0.05, 0) is 12.8 Å². The van der Waals surface area contributed by atoms with Crippen LogP contribution in [0.25, 0.3) is 0 Å². The average molecular weight is 196 g/mol. The molecule has 1 aromatic rings. The van der Waals surface area contributed by atoms with Crippen molar-refractivity contribution in [3.8, 4) is 0 Å². The maximum absolute atomic E-state index is 12.6. The van der Waals surface area contributed by atoms with Crippen molar-refractivity contribution < 1.29 is 4.39 Å². The zero-order chi connectivity index (χ0) is 9.97. The largest absolute Gasteiger partial charge is 0.339 e. The van der Waals surface area contributed by atoms with E-state index in [4.69, 9.17) is 5.73 Å². The van der Waals surface area contributed by atoms with Crippen molar-refractivity contribution in [3.05, 3.63) is 18.2 Å². The van der Waals surface area contributed by atoms with E-state index in [1.807, 2.05) is 4.90 Å². The highest BCUT2D eigenvalue weighted by Gasteiger charge is 2.18. The molecule has 1 saturated heterocycles. The van der Waals surface area contributed by atoms with Crippen molar-refractivity contribution >= 4 is 5.95 Å². The highest BCUT2D eigenvalue weighted by atomic mass is 19.1. The summed E-state index contributed by atoms with van der Waals surface area (Å²) in [6.45, 7) is 1.66. The van der Waals surface area contributed by atoms with Gasteiger partial charge in [0.2, 0.25) is 5.95 Å². The summed E-state index contributed by atoms with van der Waals surface area (Å²) in [5.41, 5.74) is 5.82. The van der Waals surface area contributed by atoms with Gasteiger partial charge in [-0.1, -0.05) is 0 Å². The van der Waals surface area contributed by atoms with Crippen LogP contribution in [0.3, 0.4) is 0 Å². The zero-order valence-electron chi connectivity index (χ0n) is 7.86. The lowest BCUT2D eigenvalue weighted by Crippen LogP contribution is -2.43. The number of nitrogens with zero attached hydrogens (tertiary/aromatic N) is 3. The lowest BCUT2D eigenvalue weighted by Gasteiger charge is -2.30. The molecule has 5 heteroatoms. The smallest absolute Gasteiger partial charge is 0.225 e. The van der Waals surface area contributed by atoms with Gasteiger partial charge in [0.25, 0.3) is 0 Å². The van der Waals surface area contributed by atoms with Crippen molar-refractivity contribution in [2.75, 3.05) is 18.0 Å². The molecule has 1 aliphatic heterocycles. The highest BCUT2D eigenvalue weighted by molar-refractivity contribution is 5.29. The Hall–Kier alpha value is -1.23. The summed E-state index contributed by atoms with van der Waals surface area (Å²) in [5.74, 6) is 0.164. The molecule has 0 unspecified atom stereocenters. The van der Waals surface area contributed by atoms with E-state index in [0.717, 1.165) is 25.9 Å².